The third kappa shape index (κ3) is 3.96. The topological polar surface area (TPSA) is 76.7 Å². The number of allylic oxidation sites excluding steroid dienone is 2. The van der Waals surface area contributed by atoms with Gasteiger partial charge in [-0.2, -0.15) is 5.10 Å². The van der Waals surface area contributed by atoms with E-state index in [-0.39, 0.29) is 0 Å². The van der Waals surface area contributed by atoms with Gasteiger partial charge in [0.15, 0.2) is 5.65 Å². The summed E-state index contributed by atoms with van der Waals surface area (Å²) in [5.74, 6) is 0. The largest absolute Gasteiger partial charge is 0.368 e. The summed E-state index contributed by atoms with van der Waals surface area (Å²) < 4.78 is 0. The van der Waals surface area contributed by atoms with Crippen LogP contribution in [0.2, 0.25) is 0 Å². The number of aryl methyl sites for hydroxylation is 2. The van der Waals surface area contributed by atoms with Gasteiger partial charge in [0.25, 0.3) is 0 Å². The van der Waals surface area contributed by atoms with Gasteiger partial charge in [0.1, 0.15) is 0 Å². The molecule has 0 atom stereocenters. The predicted molar refractivity (Wildman–Crippen MR) is 134 cm³/mol. The second-order valence-electron chi connectivity index (χ2n) is 8.68. The third-order valence-electron chi connectivity index (χ3n) is 6.44. The summed E-state index contributed by atoms with van der Waals surface area (Å²) in [5.41, 5.74) is 9.41. The Morgan fingerprint density at radius 2 is 1.94 bits per heavy atom. The fourth-order valence-electron chi connectivity index (χ4n) is 4.50. The van der Waals surface area contributed by atoms with E-state index in [2.05, 4.69) is 80.6 Å². The van der Waals surface area contributed by atoms with Crippen LogP contribution in [0.15, 0.2) is 55.5 Å². The van der Waals surface area contributed by atoms with Crippen molar-refractivity contribution in [2.75, 3.05) is 33.2 Å². The van der Waals surface area contributed by atoms with Crippen LogP contribution in [0.4, 0.5) is 0 Å². The van der Waals surface area contributed by atoms with Crippen molar-refractivity contribution in [3.8, 4) is 22.5 Å². The fraction of sp³-hybridized carbons (Fsp3) is 0.269. The number of piperazine rings is 1. The number of aromatic nitrogens is 5. The van der Waals surface area contributed by atoms with Crippen LogP contribution in [-0.4, -0.2) is 68.2 Å². The molecule has 0 amide bonds. The molecule has 0 bridgehead atoms. The Hall–Kier alpha value is -3.71. The lowest BCUT2D eigenvalue weighted by molar-refractivity contribution is 0.207. The minimum atomic E-state index is 0.699. The van der Waals surface area contributed by atoms with Crippen LogP contribution < -0.4 is 0 Å². The minimum Gasteiger partial charge on any atom is -0.368 e. The first kappa shape index (κ1) is 21.2. The molecule has 1 saturated heterocycles. The summed E-state index contributed by atoms with van der Waals surface area (Å²) in [6.45, 7) is 12.3. The summed E-state index contributed by atoms with van der Waals surface area (Å²) in [6.07, 6.45) is 9.54. The Morgan fingerprint density at radius 3 is 2.70 bits per heavy atom. The van der Waals surface area contributed by atoms with Crippen LogP contribution in [0.1, 0.15) is 16.8 Å². The van der Waals surface area contributed by atoms with Gasteiger partial charge in [0.2, 0.25) is 0 Å². The number of H-pyrrole nitrogens is 2. The second kappa shape index (κ2) is 8.67. The zero-order valence-corrected chi connectivity index (χ0v) is 19.4. The van der Waals surface area contributed by atoms with Crippen molar-refractivity contribution in [2.45, 2.75) is 13.8 Å². The highest BCUT2D eigenvalue weighted by Gasteiger charge is 2.21. The molecule has 0 unspecified atom stereocenters. The molecule has 4 aromatic heterocycles. The number of aromatic amines is 2. The van der Waals surface area contributed by atoms with E-state index >= 15 is 0 Å². The molecule has 33 heavy (non-hydrogen) atoms. The Morgan fingerprint density at radius 1 is 1.12 bits per heavy atom. The van der Waals surface area contributed by atoms with Gasteiger partial charge in [-0.05, 0) is 50.7 Å². The zero-order valence-electron chi connectivity index (χ0n) is 19.4. The van der Waals surface area contributed by atoms with E-state index in [0.29, 0.717) is 5.65 Å². The molecular formula is C26H29N7. The SMILES string of the molecule is C=C/C=C(\c1cc(-c2[nH]nc3ncc(-c4cnccc4C)cc23)[nH]c1C)N1CCN(C)CC1. The Kier molecular flexibility index (Phi) is 5.56. The first-order valence-electron chi connectivity index (χ1n) is 11.3. The maximum absolute atomic E-state index is 4.60. The monoisotopic (exact) mass is 439 g/mol. The van der Waals surface area contributed by atoms with E-state index in [0.717, 1.165) is 59.8 Å². The molecule has 168 valence electrons. The Balaban J connectivity index is 1.55. The highest BCUT2D eigenvalue weighted by atomic mass is 15.3. The Labute approximate surface area is 193 Å². The number of pyridine rings is 2. The summed E-state index contributed by atoms with van der Waals surface area (Å²) in [5, 5.41) is 8.64. The predicted octanol–water partition coefficient (Wildman–Crippen LogP) is 4.41. The maximum atomic E-state index is 4.60. The van der Waals surface area contributed by atoms with E-state index in [4.69, 9.17) is 0 Å². The number of nitrogens with one attached hydrogen (secondary N) is 2. The number of likely N-dealkylation sites (N-methyl/N-ethyl adjacent to an activating group) is 1. The first-order valence-corrected chi connectivity index (χ1v) is 11.3. The standard InChI is InChI=1S/C26H29N7/c1-5-6-24(33-11-9-32(4)10-12-33)20-14-23(29-18(20)3)25-21-13-19(15-28-26(21)31-30-25)22-16-27-8-7-17(22)2/h5-8,13-16,29H,1,9-12H2,2-4H3,(H,28,30,31)/b24-6+. The van der Waals surface area contributed by atoms with Gasteiger partial charge in [0, 0.05) is 78.2 Å². The molecule has 0 spiro atoms. The van der Waals surface area contributed by atoms with Crippen molar-refractivity contribution in [1.29, 1.82) is 0 Å². The van der Waals surface area contributed by atoms with E-state index in [1.165, 1.54) is 16.8 Å². The Bertz CT molecular complexity index is 1340. The van der Waals surface area contributed by atoms with Crippen LogP contribution in [0, 0.1) is 13.8 Å². The average molecular weight is 440 g/mol. The summed E-state index contributed by atoms with van der Waals surface area (Å²) in [4.78, 5) is 17.3. The summed E-state index contributed by atoms with van der Waals surface area (Å²) >= 11 is 0. The van der Waals surface area contributed by atoms with Crippen LogP contribution in [0.3, 0.4) is 0 Å². The molecule has 0 aliphatic carbocycles. The highest BCUT2D eigenvalue weighted by molar-refractivity contribution is 5.93. The van der Waals surface area contributed by atoms with Gasteiger partial charge >= 0.3 is 0 Å². The molecule has 7 heteroatoms. The third-order valence-corrected chi connectivity index (χ3v) is 6.44. The van der Waals surface area contributed by atoms with E-state index in [9.17, 15) is 0 Å². The van der Waals surface area contributed by atoms with Gasteiger partial charge in [0.05, 0.1) is 11.4 Å². The molecule has 0 aromatic carbocycles. The van der Waals surface area contributed by atoms with Crippen LogP contribution in [0.25, 0.3) is 39.2 Å². The second-order valence-corrected chi connectivity index (χ2v) is 8.68. The molecule has 5 heterocycles. The lowest BCUT2D eigenvalue weighted by atomic mass is 10.0. The van der Waals surface area contributed by atoms with Crippen molar-refractivity contribution in [2.24, 2.45) is 0 Å². The minimum absolute atomic E-state index is 0.699. The van der Waals surface area contributed by atoms with Crippen LogP contribution in [-0.2, 0) is 0 Å². The van der Waals surface area contributed by atoms with Crippen LogP contribution >= 0.6 is 0 Å². The molecular weight excluding hydrogens is 410 g/mol. The van der Waals surface area contributed by atoms with E-state index in [1.807, 2.05) is 30.7 Å². The first-order chi connectivity index (χ1) is 16.0. The van der Waals surface area contributed by atoms with Gasteiger partial charge in [-0.1, -0.05) is 12.7 Å². The van der Waals surface area contributed by atoms with E-state index < -0.39 is 0 Å². The van der Waals surface area contributed by atoms with Gasteiger partial charge < -0.3 is 14.8 Å². The molecule has 1 aliphatic heterocycles. The van der Waals surface area contributed by atoms with Crippen molar-refractivity contribution in [3.63, 3.8) is 0 Å². The van der Waals surface area contributed by atoms with Crippen molar-refractivity contribution in [1.82, 2.24) is 34.9 Å². The molecule has 4 aromatic rings. The molecule has 0 radical (unpaired) electrons. The van der Waals surface area contributed by atoms with Crippen LogP contribution in [0.5, 0.6) is 0 Å². The lowest BCUT2D eigenvalue weighted by Gasteiger charge is -2.35. The number of hydrogen-bond donors (Lipinski definition) is 2. The van der Waals surface area contributed by atoms with Gasteiger partial charge in [-0.15, -0.1) is 0 Å². The van der Waals surface area contributed by atoms with E-state index in [1.54, 1.807) is 0 Å². The van der Waals surface area contributed by atoms with Gasteiger partial charge in [-0.3, -0.25) is 10.1 Å². The molecule has 5 rings (SSSR count). The smallest absolute Gasteiger partial charge is 0.181 e. The van der Waals surface area contributed by atoms with Crippen molar-refractivity contribution < 1.29 is 0 Å². The maximum Gasteiger partial charge on any atom is 0.181 e. The molecule has 1 aliphatic rings. The van der Waals surface area contributed by atoms with Crippen molar-refractivity contribution in [3.05, 3.63) is 72.3 Å². The van der Waals surface area contributed by atoms with Crippen molar-refractivity contribution >= 4 is 16.7 Å². The molecule has 2 N–H and O–H groups in total. The number of fused-ring (bicyclic) bond motifs is 1. The number of rotatable bonds is 5. The van der Waals surface area contributed by atoms with Gasteiger partial charge in [-0.25, -0.2) is 4.98 Å². The summed E-state index contributed by atoms with van der Waals surface area (Å²) in [6, 6.07) is 6.36. The number of hydrogen-bond acceptors (Lipinski definition) is 5. The summed E-state index contributed by atoms with van der Waals surface area (Å²) in [7, 11) is 2.17. The molecule has 0 saturated carbocycles. The number of nitrogens with zero attached hydrogens (tertiary/aromatic N) is 5. The zero-order chi connectivity index (χ0) is 22.9. The fourth-order valence-corrected chi connectivity index (χ4v) is 4.50. The highest BCUT2D eigenvalue weighted by Crippen LogP contribution is 2.33. The lowest BCUT2D eigenvalue weighted by Crippen LogP contribution is -2.43. The average Bonchev–Trinajstić information content (AvgIpc) is 3.41. The normalized spacial score (nSPS) is 15.4. The molecule has 7 nitrogen and oxygen atoms in total. The molecule has 1 fully saturated rings. The quantitative estimate of drug-likeness (QED) is 0.451.